The minimum atomic E-state index is -0.874. The van der Waals surface area contributed by atoms with Crippen molar-refractivity contribution in [3.8, 4) is 5.69 Å². The van der Waals surface area contributed by atoms with E-state index in [-0.39, 0.29) is 22.3 Å². The van der Waals surface area contributed by atoms with E-state index in [1.165, 1.54) is 25.1 Å². The molecule has 0 saturated carbocycles. The molecule has 0 fully saturated rings. The van der Waals surface area contributed by atoms with Crippen LogP contribution in [0, 0.1) is 30.2 Å². The molecule has 0 aliphatic rings. The van der Waals surface area contributed by atoms with Crippen LogP contribution in [0.4, 0.5) is 23.2 Å². The number of anilines is 1. The number of aryl methyl sites for hydroxylation is 1. The second-order valence-electron chi connectivity index (χ2n) is 5.81. The number of halogens is 5. The number of para-hydroxylation sites is 1. The average molecular weight is 441 g/mol. The van der Waals surface area contributed by atoms with E-state index < -0.39 is 34.5 Å². The number of nitrogens with zero attached hydrogens (tertiary/aromatic N) is 1. The van der Waals surface area contributed by atoms with E-state index in [1.807, 2.05) is 0 Å². The molecule has 0 amide bonds. The number of hydrogen-bond acceptors (Lipinski definition) is 2. The minimum absolute atomic E-state index is 0.0122. The first-order valence-corrected chi connectivity index (χ1v) is 8.63. The predicted octanol–water partition coefficient (Wildman–Crippen LogP) is 5.08. The Balaban J connectivity index is 1.99. The van der Waals surface area contributed by atoms with Crippen molar-refractivity contribution >= 4 is 21.6 Å². The van der Waals surface area contributed by atoms with Gasteiger partial charge in [-0.05, 0) is 47.1 Å². The third-order valence-corrected chi connectivity index (χ3v) is 4.75. The van der Waals surface area contributed by atoms with Gasteiger partial charge in [-0.3, -0.25) is 9.36 Å². The van der Waals surface area contributed by atoms with Gasteiger partial charge in [0.25, 0.3) is 5.56 Å². The van der Waals surface area contributed by atoms with E-state index in [4.69, 9.17) is 0 Å². The zero-order chi connectivity index (χ0) is 19.7. The van der Waals surface area contributed by atoms with Gasteiger partial charge < -0.3 is 5.32 Å². The van der Waals surface area contributed by atoms with Crippen molar-refractivity contribution in [3.63, 3.8) is 0 Å². The number of hydrogen-bond donors (Lipinski definition) is 1. The maximum absolute atomic E-state index is 14.1. The molecule has 3 aromatic rings. The quantitative estimate of drug-likeness (QED) is 0.574. The molecule has 0 aliphatic heterocycles. The van der Waals surface area contributed by atoms with Crippen LogP contribution in [-0.2, 0) is 6.54 Å². The summed E-state index contributed by atoms with van der Waals surface area (Å²) in [5.41, 5.74) is -0.369. The molecule has 0 spiro atoms. The van der Waals surface area contributed by atoms with Crippen molar-refractivity contribution in [2.75, 3.05) is 5.32 Å². The molecule has 0 radical (unpaired) electrons. The fraction of sp³-hybridized carbons (Fsp3) is 0.105. The van der Waals surface area contributed by atoms with Crippen LogP contribution in [0.2, 0.25) is 0 Å². The number of aromatic nitrogens is 1. The van der Waals surface area contributed by atoms with Crippen LogP contribution in [0.5, 0.6) is 0 Å². The standard InChI is InChI=1S/C19H13BrF4N2O/c1-10-7-16(25-9-11-5-6-12(21)8-15(11)24)17(20)19(27)26(10)18-13(22)3-2-4-14(18)23/h2-8,25H,9H2,1H3. The normalized spacial score (nSPS) is 10.9. The summed E-state index contributed by atoms with van der Waals surface area (Å²) < 4.78 is 55.8. The van der Waals surface area contributed by atoms with Gasteiger partial charge in [-0.25, -0.2) is 17.6 Å². The lowest BCUT2D eigenvalue weighted by molar-refractivity contribution is 0.564. The maximum atomic E-state index is 14.1. The van der Waals surface area contributed by atoms with Crippen LogP contribution >= 0.6 is 15.9 Å². The smallest absolute Gasteiger partial charge is 0.271 e. The molecule has 1 N–H and O–H groups in total. The van der Waals surface area contributed by atoms with E-state index in [9.17, 15) is 22.4 Å². The van der Waals surface area contributed by atoms with Crippen LogP contribution in [0.25, 0.3) is 5.69 Å². The molecule has 3 rings (SSSR count). The largest absolute Gasteiger partial charge is 0.380 e. The van der Waals surface area contributed by atoms with Crippen molar-refractivity contribution < 1.29 is 17.6 Å². The molecule has 8 heteroatoms. The third-order valence-electron chi connectivity index (χ3n) is 3.98. The van der Waals surface area contributed by atoms with E-state index in [0.29, 0.717) is 5.69 Å². The van der Waals surface area contributed by atoms with Gasteiger partial charge in [0.1, 0.15) is 33.4 Å². The van der Waals surface area contributed by atoms with Crippen molar-refractivity contribution in [1.29, 1.82) is 0 Å². The van der Waals surface area contributed by atoms with E-state index in [1.54, 1.807) is 0 Å². The van der Waals surface area contributed by atoms with Gasteiger partial charge in [0.15, 0.2) is 0 Å². The summed E-state index contributed by atoms with van der Waals surface area (Å²) in [5.74, 6) is -3.16. The number of pyridine rings is 1. The third kappa shape index (κ3) is 3.75. The molecule has 140 valence electrons. The zero-order valence-electron chi connectivity index (χ0n) is 14.0. The lowest BCUT2D eigenvalue weighted by atomic mass is 10.2. The number of nitrogens with one attached hydrogen (secondary N) is 1. The van der Waals surface area contributed by atoms with Crippen molar-refractivity contribution in [1.82, 2.24) is 4.57 Å². The van der Waals surface area contributed by atoms with Crippen molar-refractivity contribution in [2.24, 2.45) is 0 Å². The maximum Gasteiger partial charge on any atom is 0.271 e. The molecule has 1 heterocycles. The van der Waals surface area contributed by atoms with Crippen LogP contribution in [0.3, 0.4) is 0 Å². The fourth-order valence-electron chi connectivity index (χ4n) is 2.68. The Morgan fingerprint density at radius 2 is 1.67 bits per heavy atom. The van der Waals surface area contributed by atoms with E-state index in [2.05, 4.69) is 21.2 Å². The second kappa shape index (κ2) is 7.56. The van der Waals surface area contributed by atoms with E-state index >= 15 is 0 Å². The number of benzene rings is 2. The molecule has 1 aromatic heterocycles. The molecule has 0 bridgehead atoms. The topological polar surface area (TPSA) is 34.0 Å². The second-order valence-corrected chi connectivity index (χ2v) is 6.61. The summed E-state index contributed by atoms with van der Waals surface area (Å²) in [5, 5.41) is 2.87. The molecule has 0 saturated heterocycles. The van der Waals surface area contributed by atoms with Crippen molar-refractivity contribution in [3.05, 3.63) is 91.8 Å². The summed E-state index contributed by atoms with van der Waals surface area (Å²) in [6.45, 7) is 1.51. The Morgan fingerprint density at radius 1 is 1.00 bits per heavy atom. The lowest BCUT2D eigenvalue weighted by Gasteiger charge is -2.16. The highest BCUT2D eigenvalue weighted by molar-refractivity contribution is 9.10. The predicted molar refractivity (Wildman–Crippen MR) is 98.1 cm³/mol. The van der Waals surface area contributed by atoms with Gasteiger partial charge in [-0.2, -0.15) is 0 Å². The molecule has 27 heavy (non-hydrogen) atoms. The summed E-state index contributed by atoms with van der Waals surface area (Å²) in [6.07, 6.45) is 0. The van der Waals surface area contributed by atoms with Crippen LogP contribution in [0.1, 0.15) is 11.3 Å². The Bertz CT molecular complexity index is 1060. The van der Waals surface area contributed by atoms with Gasteiger partial charge in [0.05, 0.1) is 5.69 Å². The Morgan fingerprint density at radius 3 is 2.30 bits per heavy atom. The highest BCUT2D eigenvalue weighted by Gasteiger charge is 2.18. The highest BCUT2D eigenvalue weighted by Crippen LogP contribution is 2.25. The van der Waals surface area contributed by atoms with Gasteiger partial charge in [0, 0.05) is 23.9 Å². The first kappa shape index (κ1) is 19.2. The SMILES string of the molecule is Cc1cc(NCc2ccc(F)cc2F)c(Br)c(=O)n1-c1c(F)cccc1F. The Kier molecular flexibility index (Phi) is 5.36. The van der Waals surface area contributed by atoms with Crippen LogP contribution in [-0.4, -0.2) is 4.57 Å². The molecule has 3 nitrogen and oxygen atoms in total. The molecule has 0 unspecified atom stereocenters. The summed E-state index contributed by atoms with van der Waals surface area (Å²) in [4.78, 5) is 12.7. The average Bonchev–Trinajstić information content (AvgIpc) is 2.60. The zero-order valence-corrected chi connectivity index (χ0v) is 15.6. The first-order valence-electron chi connectivity index (χ1n) is 7.84. The molecule has 2 aromatic carbocycles. The van der Waals surface area contributed by atoms with Crippen molar-refractivity contribution in [2.45, 2.75) is 13.5 Å². The van der Waals surface area contributed by atoms with Gasteiger partial charge in [-0.15, -0.1) is 0 Å². The first-order chi connectivity index (χ1) is 12.8. The van der Waals surface area contributed by atoms with Gasteiger partial charge in [-0.1, -0.05) is 12.1 Å². The molecular formula is C19H13BrF4N2O. The fourth-order valence-corrected chi connectivity index (χ4v) is 3.11. The Hall–Kier alpha value is -2.61. The van der Waals surface area contributed by atoms with Crippen LogP contribution in [0.15, 0.2) is 51.7 Å². The number of rotatable bonds is 4. The lowest BCUT2D eigenvalue weighted by Crippen LogP contribution is -2.24. The molecular weight excluding hydrogens is 428 g/mol. The summed E-state index contributed by atoms with van der Waals surface area (Å²) >= 11 is 3.12. The monoisotopic (exact) mass is 440 g/mol. The highest BCUT2D eigenvalue weighted by atomic mass is 79.9. The summed E-state index contributed by atoms with van der Waals surface area (Å²) in [7, 11) is 0. The Labute approximate surface area is 160 Å². The van der Waals surface area contributed by atoms with Crippen LogP contribution < -0.4 is 10.9 Å². The molecule has 0 aliphatic carbocycles. The molecule has 0 atom stereocenters. The minimum Gasteiger partial charge on any atom is -0.380 e. The summed E-state index contributed by atoms with van der Waals surface area (Å²) in [6, 6.07) is 7.99. The van der Waals surface area contributed by atoms with E-state index in [0.717, 1.165) is 28.8 Å². The van der Waals surface area contributed by atoms with Gasteiger partial charge >= 0.3 is 0 Å². The van der Waals surface area contributed by atoms with Gasteiger partial charge in [0.2, 0.25) is 0 Å².